The predicted octanol–water partition coefficient (Wildman–Crippen LogP) is 3.20. The van der Waals surface area contributed by atoms with Crippen LogP contribution in [-0.4, -0.2) is 49.6 Å². The maximum Gasteiger partial charge on any atom is 0.325 e. The fraction of sp³-hybridized carbons (Fsp3) is 0.346. The molecule has 3 heterocycles. The van der Waals surface area contributed by atoms with Gasteiger partial charge in [-0.05, 0) is 43.5 Å². The molecule has 2 aliphatic rings. The smallest absolute Gasteiger partial charge is 0.325 e. The van der Waals surface area contributed by atoms with E-state index in [9.17, 15) is 14.4 Å². The summed E-state index contributed by atoms with van der Waals surface area (Å²) in [7, 11) is 0. The number of pyridine rings is 1. The predicted molar refractivity (Wildman–Crippen MR) is 129 cm³/mol. The molecule has 2 N–H and O–H groups in total. The second-order valence-corrected chi connectivity index (χ2v) is 9.08. The molecule has 1 spiro atoms. The molecule has 1 saturated carbocycles. The monoisotopic (exact) mass is 472 g/mol. The Labute approximate surface area is 203 Å². The third-order valence-corrected chi connectivity index (χ3v) is 6.73. The molecule has 1 aliphatic heterocycles. The molecule has 9 heteroatoms. The van der Waals surface area contributed by atoms with Crippen molar-refractivity contribution < 1.29 is 14.4 Å². The number of nitrogens with one attached hydrogen (secondary N) is 2. The summed E-state index contributed by atoms with van der Waals surface area (Å²) in [6, 6.07) is 13.2. The summed E-state index contributed by atoms with van der Waals surface area (Å²) >= 11 is 0. The lowest BCUT2D eigenvalue weighted by Crippen LogP contribution is -2.44. The number of amides is 4. The van der Waals surface area contributed by atoms with Gasteiger partial charge in [0.15, 0.2) is 0 Å². The molecule has 4 amide bonds. The number of carbonyl (C=O) groups excluding carboxylic acids is 3. The molecule has 2 fully saturated rings. The molecule has 1 aliphatic carbocycles. The molecular formula is C26H28N6O3. The Morgan fingerprint density at radius 2 is 1.80 bits per heavy atom. The molecule has 9 nitrogen and oxygen atoms in total. The molecule has 0 atom stereocenters. The molecule has 35 heavy (non-hydrogen) atoms. The Morgan fingerprint density at radius 1 is 1.06 bits per heavy atom. The molecule has 3 aromatic rings. The Balaban J connectivity index is 1.20. The van der Waals surface area contributed by atoms with E-state index in [4.69, 9.17) is 5.10 Å². The van der Waals surface area contributed by atoms with Crippen molar-refractivity contribution >= 4 is 17.8 Å². The maximum atomic E-state index is 12.7. The highest BCUT2D eigenvalue weighted by molar-refractivity contribution is 6.07. The zero-order chi connectivity index (χ0) is 24.3. The molecule has 180 valence electrons. The van der Waals surface area contributed by atoms with Crippen molar-refractivity contribution in [2.45, 2.75) is 50.6 Å². The molecular weight excluding hydrogens is 444 g/mol. The van der Waals surface area contributed by atoms with E-state index in [1.54, 1.807) is 17.1 Å². The largest absolute Gasteiger partial charge is 0.352 e. The minimum atomic E-state index is -0.707. The molecule has 0 radical (unpaired) electrons. The highest BCUT2D eigenvalue weighted by atomic mass is 16.2. The summed E-state index contributed by atoms with van der Waals surface area (Å²) in [5.41, 5.74) is 2.79. The highest BCUT2D eigenvalue weighted by Crippen LogP contribution is 2.35. The van der Waals surface area contributed by atoms with E-state index in [1.165, 1.54) is 4.90 Å². The number of hydrogen-bond acceptors (Lipinski definition) is 5. The minimum Gasteiger partial charge on any atom is -0.352 e. The molecule has 5 rings (SSSR count). The van der Waals surface area contributed by atoms with Crippen LogP contribution in [0.15, 0.2) is 61.1 Å². The number of nitrogens with zero attached hydrogens (tertiary/aromatic N) is 4. The van der Waals surface area contributed by atoms with Gasteiger partial charge in [0.25, 0.3) is 5.91 Å². The van der Waals surface area contributed by atoms with Crippen LogP contribution in [0.3, 0.4) is 0 Å². The van der Waals surface area contributed by atoms with E-state index in [2.05, 4.69) is 15.6 Å². The van der Waals surface area contributed by atoms with Crippen LogP contribution in [0.25, 0.3) is 16.9 Å². The van der Waals surface area contributed by atoms with E-state index < -0.39 is 5.54 Å². The van der Waals surface area contributed by atoms with Crippen LogP contribution in [0.2, 0.25) is 0 Å². The van der Waals surface area contributed by atoms with Gasteiger partial charge in [-0.25, -0.2) is 9.48 Å². The van der Waals surface area contributed by atoms with Crippen LogP contribution in [0, 0.1) is 0 Å². The van der Waals surface area contributed by atoms with Gasteiger partial charge in [0.1, 0.15) is 5.54 Å². The Morgan fingerprint density at radius 3 is 2.54 bits per heavy atom. The number of urea groups is 1. The third kappa shape index (κ3) is 4.66. The third-order valence-electron chi connectivity index (χ3n) is 6.73. The molecule has 0 bridgehead atoms. The number of hydrogen-bond donors (Lipinski definition) is 2. The van der Waals surface area contributed by atoms with Crippen LogP contribution in [0.1, 0.15) is 44.1 Å². The van der Waals surface area contributed by atoms with Gasteiger partial charge in [-0.2, -0.15) is 5.10 Å². The van der Waals surface area contributed by atoms with Crippen molar-refractivity contribution in [3.05, 3.63) is 66.6 Å². The zero-order valence-electron chi connectivity index (χ0n) is 19.4. The minimum absolute atomic E-state index is 0.138. The summed E-state index contributed by atoms with van der Waals surface area (Å²) in [6.45, 7) is 0.559. The zero-order valence-corrected chi connectivity index (χ0v) is 19.4. The topological polar surface area (TPSA) is 109 Å². The van der Waals surface area contributed by atoms with E-state index in [0.717, 1.165) is 35.3 Å². The van der Waals surface area contributed by atoms with Crippen LogP contribution in [0.5, 0.6) is 0 Å². The number of aromatic nitrogens is 3. The summed E-state index contributed by atoms with van der Waals surface area (Å²) in [4.78, 5) is 43.0. The van der Waals surface area contributed by atoms with Gasteiger partial charge in [-0.15, -0.1) is 0 Å². The Bertz CT molecular complexity index is 1220. The van der Waals surface area contributed by atoms with E-state index in [1.807, 2.05) is 48.7 Å². The molecule has 1 aromatic carbocycles. The van der Waals surface area contributed by atoms with Crippen molar-refractivity contribution in [1.29, 1.82) is 0 Å². The number of rotatable bonds is 8. The molecule has 2 aromatic heterocycles. The Hall–Kier alpha value is -4.01. The average molecular weight is 473 g/mol. The highest BCUT2D eigenvalue weighted by Gasteiger charge is 2.52. The fourth-order valence-corrected chi connectivity index (χ4v) is 4.88. The van der Waals surface area contributed by atoms with Gasteiger partial charge in [0.2, 0.25) is 5.91 Å². The van der Waals surface area contributed by atoms with Crippen LogP contribution >= 0.6 is 0 Å². The standard InChI is InChI=1S/C26H28N6O3/c33-22(9-6-16-31-24(34)26(29-25(31)35)12-4-5-13-26)28-17-20-18-32(21-7-2-1-3-8-21)30-23(20)19-10-14-27-15-11-19/h1-3,7-8,10-11,14-15,18H,4-6,9,12-13,16-17H2,(H,28,33)(H,29,35). The van der Waals surface area contributed by atoms with Gasteiger partial charge < -0.3 is 10.6 Å². The van der Waals surface area contributed by atoms with Crippen LogP contribution < -0.4 is 10.6 Å². The van der Waals surface area contributed by atoms with Crippen molar-refractivity contribution in [3.63, 3.8) is 0 Å². The van der Waals surface area contributed by atoms with Gasteiger partial charge in [-0.1, -0.05) is 31.0 Å². The summed E-state index contributed by atoms with van der Waals surface area (Å²) in [6.07, 6.45) is 9.28. The first-order chi connectivity index (χ1) is 17.1. The number of carbonyl (C=O) groups is 3. The van der Waals surface area contributed by atoms with E-state index in [0.29, 0.717) is 25.8 Å². The lowest BCUT2D eigenvalue weighted by Gasteiger charge is -2.19. The molecule has 0 unspecified atom stereocenters. The summed E-state index contributed by atoms with van der Waals surface area (Å²) in [5, 5.41) is 10.6. The van der Waals surface area contributed by atoms with Gasteiger partial charge in [-0.3, -0.25) is 19.5 Å². The number of benzene rings is 1. The van der Waals surface area contributed by atoms with Crippen molar-refractivity contribution in [2.24, 2.45) is 0 Å². The first-order valence-electron chi connectivity index (χ1n) is 12.0. The van der Waals surface area contributed by atoms with Crippen molar-refractivity contribution in [1.82, 2.24) is 30.3 Å². The quantitative estimate of drug-likeness (QED) is 0.490. The van der Waals surface area contributed by atoms with Crippen molar-refractivity contribution in [3.8, 4) is 16.9 Å². The fourth-order valence-electron chi connectivity index (χ4n) is 4.88. The first kappa shape index (κ1) is 22.8. The van der Waals surface area contributed by atoms with Gasteiger partial charge >= 0.3 is 6.03 Å². The second kappa shape index (κ2) is 9.69. The van der Waals surface area contributed by atoms with Crippen LogP contribution in [-0.2, 0) is 16.1 Å². The molecule has 1 saturated heterocycles. The summed E-state index contributed by atoms with van der Waals surface area (Å²) < 4.78 is 1.80. The lowest BCUT2D eigenvalue weighted by molar-refractivity contribution is -0.131. The summed E-state index contributed by atoms with van der Waals surface area (Å²) in [5.74, 6) is -0.281. The van der Waals surface area contributed by atoms with E-state index >= 15 is 0 Å². The normalized spacial score (nSPS) is 16.6. The van der Waals surface area contributed by atoms with E-state index in [-0.39, 0.29) is 30.8 Å². The van der Waals surface area contributed by atoms with Crippen molar-refractivity contribution in [2.75, 3.05) is 6.54 Å². The lowest BCUT2D eigenvalue weighted by atomic mass is 9.98. The van der Waals surface area contributed by atoms with Gasteiger partial charge in [0, 0.05) is 49.2 Å². The first-order valence-corrected chi connectivity index (χ1v) is 12.0. The number of imide groups is 1. The Kier molecular flexibility index (Phi) is 6.31. The second-order valence-electron chi connectivity index (χ2n) is 9.08. The van der Waals surface area contributed by atoms with Gasteiger partial charge in [0.05, 0.1) is 11.4 Å². The maximum absolute atomic E-state index is 12.7. The number of para-hydroxylation sites is 1. The SMILES string of the molecule is O=C(CCCN1C(=O)NC2(CCCC2)C1=O)NCc1cn(-c2ccccc2)nc1-c1ccncc1. The average Bonchev–Trinajstić information content (AvgIpc) is 3.59. The van der Waals surface area contributed by atoms with Crippen LogP contribution in [0.4, 0.5) is 4.79 Å².